The fraction of sp³-hybridized carbons (Fsp3) is 0.125. The van der Waals surface area contributed by atoms with Gasteiger partial charge in [-0.15, -0.1) is 11.3 Å². The first kappa shape index (κ1) is 21.3. The normalized spacial score (nSPS) is 10.7. The van der Waals surface area contributed by atoms with E-state index >= 15 is 0 Å². The van der Waals surface area contributed by atoms with E-state index in [1.54, 1.807) is 53.8 Å². The summed E-state index contributed by atoms with van der Waals surface area (Å²) in [7, 11) is 1.48. The number of nitrogens with one attached hydrogen (secondary N) is 2. The number of anilines is 1. The SMILES string of the molecule is COc1cccc2cc(C(=O)Nc3ccc(CC(=O)NCc4cccs4)cc3)c(=O)oc12. The first-order valence-corrected chi connectivity index (χ1v) is 10.7. The Hall–Kier alpha value is -3.91. The molecule has 0 atom stereocenters. The standard InChI is InChI=1S/C24H20N2O5S/c1-30-20-6-2-4-16-13-19(24(29)31-22(16)20)23(28)26-17-9-7-15(8-10-17)12-21(27)25-14-18-5-3-11-32-18/h2-11,13H,12,14H2,1H3,(H,25,27)(H,26,28). The van der Waals surface area contributed by atoms with Crippen LogP contribution in [-0.2, 0) is 17.8 Å². The lowest BCUT2D eigenvalue weighted by Gasteiger charge is -2.08. The third kappa shape index (κ3) is 4.87. The molecule has 2 amide bonds. The molecular weight excluding hydrogens is 428 g/mol. The van der Waals surface area contributed by atoms with Crippen LogP contribution in [-0.4, -0.2) is 18.9 Å². The molecule has 8 heteroatoms. The summed E-state index contributed by atoms with van der Waals surface area (Å²) in [5.41, 5.74) is 0.742. The maximum Gasteiger partial charge on any atom is 0.349 e. The Bertz CT molecular complexity index is 1310. The molecule has 4 aromatic rings. The van der Waals surface area contributed by atoms with Crippen molar-refractivity contribution >= 4 is 39.8 Å². The average molecular weight is 449 g/mol. The van der Waals surface area contributed by atoms with Crippen molar-refractivity contribution in [2.75, 3.05) is 12.4 Å². The van der Waals surface area contributed by atoms with Crippen molar-refractivity contribution in [2.45, 2.75) is 13.0 Å². The third-order valence-electron chi connectivity index (χ3n) is 4.80. The zero-order chi connectivity index (χ0) is 22.5. The van der Waals surface area contributed by atoms with Crippen molar-refractivity contribution in [3.8, 4) is 5.75 Å². The summed E-state index contributed by atoms with van der Waals surface area (Å²) in [6.07, 6.45) is 0.232. The maximum atomic E-state index is 12.6. The Morgan fingerprint density at radius 1 is 1.06 bits per heavy atom. The average Bonchev–Trinajstić information content (AvgIpc) is 3.32. The molecule has 0 saturated heterocycles. The highest BCUT2D eigenvalue weighted by atomic mass is 32.1. The second-order valence-electron chi connectivity index (χ2n) is 7.01. The maximum absolute atomic E-state index is 12.6. The molecule has 0 aliphatic heterocycles. The van der Waals surface area contributed by atoms with Crippen LogP contribution in [0.5, 0.6) is 5.75 Å². The number of benzene rings is 2. The predicted molar refractivity (Wildman–Crippen MR) is 123 cm³/mol. The van der Waals surface area contributed by atoms with Crippen LogP contribution >= 0.6 is 11.3 Å². The first-order valence-electron chi connectivity index (χ1n) is 9.84. The van der Waals surface area contributed by atoms with E-state index in [2.05, 4.69) is 10.6 Å². The van der Waals surface area contributed by atoms with Crippen LogP contribution in [0, 0.1) is 0 Å². The number of carbonyl (C=O) groups excluding carboxylic acids is 2. The molecule has 0 spiro atoms. The van der Waals surface area contributed by atoms with E-state index in [4.69, 9.17) is 9.15 Å². The molecule has 2 heterocycles. The largest absolute Gasteiger partial charge is 0.493 e. The molecule has 0 fully saturated rings. The summed E-state index contributed by atoms with van der Waals surface area (Å²) in [5.74, 6) is -0.245. The molecule has 2 N–H and O–H groups in total. The molecule has 2 aromatic heterocycles. The van der Waals surface area contributed by atoms with Crippen LogP contribution in [0.15, 0.2) is 75.3 Å². The summed E-state index contributed by atoms with van der Waals surface area (Å²) in [5, 5.41) is 8.11. The van der Waals surface area contributed by atoms with Gasteiger partial charge >= 0.3 is 5.63 Å². The highest BCUT2D eigenvalue weighted by molar-refractivity contribution is 7.09. The number of amides is 2. The molecule has 0 bridgehead atoms. The number of para-hydroxylation sites is 1. The van der Waals surface area contributed by atoms with Gasteiger partial charge in [0.05, 0.1) is 20.1 Å². The molecule has 2 aromatic carbocycles. The minimum atomic E-state index is -0.751. The van der Waals surface area contributed by atoms with Crippen molar-refractivity contribution in [1.82, 2.24) is 5.32 Å². The van der Waals surface area contributed by atoms with Crippen molar-refractivity contribution in [2.24, 2.45) is 0 Å². The number of fused-ring (bicyclic) bond motifs is 1. The number of ether oxygens (including phenoxy) is 1. The molecule has 0 aliphatic carbocycles. The van der Waals surface area contributed by atoms with E-state index in [9.17, 15) is 14.4 Å². The summed E-state index contributed by atoms with van der Waals surface area (Å²) >= 11 is 1.59. The van der Waals surface area contributed by atoms with Crippen molar-refractivity contribution in [3.63, 3.8) is 0 Å². The zero-order valence-corrected chi connectivity index (χ0v) is 18.0. The van der Waals surface area contributed by atoms with Crippen molar-refractivity contribution in [3.05, 3.63) is 92.5 Å². The van der Waals surface area contributed by atoms with Gasteiger partial charge in [0, 0.05) is 16.0 Å². The van der Waals surface area contributed by atoms with Crippen LogP contribution in [0.25, 0.3) is 11.0 Å². The molecule has 0 radical (unpaired) electrons. The monoisotopic (exact) mass is 448 g/mol. The second-order valence-corrected chi connectivity index (χ2v) is 8.04. The Balaban J connectivity index is 1.41. The van der Waals surface area contributed by atoms with E-state index in [0.29, 0.717) is 29.0 Å². The van der Waals surface area contributed by atoms with Crippen molar-refractivity contribution in [1.29, 1.82) is 0 Å². The molecule has 0 unspecified atom stereocenters. The number of hydrogen-bond acceptors (Lipinski definition) is 6. The van der Waals surface area contributed by atoms with E-state index in [1.165, 1.54) is 13.2 Å². The van der Waals surface area contributed by atoms with Gasteiger partial charge in [-0.3, -0.25) is 9.59 Å². The highest BCUT2D eigenvalue weighted by Crippen LogP contribution is 2.24. The van der Waals surface area contributed by atoms with Gasteiger partial charge in [0.25, 0.3) is 5.91 Å². The second kappa shape index (κ2) is 9.49. The lowest BCUT2D eigenvalue weighted by Crippen LogP contribution is -2.24. The minimum Gasteiger partial charge on any atom is -0.493 e. The number of methoxy groups -OCH3 is 1. The summed E-state index contributed by atoms with van der Waals surface area (Å²) in [6, 6.07) is 17.4. The topological polar surface area (TPSA) is 97.6 Å². The Morgan fingerprint density at radius 3 is 2.59 bits per heavy atom. The van der Waals surface area contributed by atoms with Gasteiger partial charge in [0.2, 0.25) is 5.91 Å². The fourth-order valence-electron chi connectivity index (χ4n) is 3.19. The molecule has 4 rings (SSSR count). The molecule has 32 heavy (non-hydrogen) atoms. The summed E-state index contributed by atoms with van der Waals surface area (Å²) < 4.78 is 10.5. The van der Waals surface area contributed by atoms with Crippen LogP contribution < -0.4 is 21.0 Å². The van der Waals surface area contributed by atoms with E-state index in [0.717, 1.165) is 10.4 Å². The highest BCUT2D eigenvalue weighted by Gasteiger charge is 2.16. The lowest BCUT2D eigenvalue weighted by molar-refractivity contribution is -0.120. The molecule has 7 nitrogen and oxygen atoms in total. The molecule has 162 valence electrons. The molecule has 0 saturated carbocycles. The molecule has 0 aliphatic rings. The van der Waals surface area contributed by atoms with Gasteiger partial charge in [-0.25, -0.2) is 4.79 Å². The summed E-state index contributed by atoms with van der Waals surface area (Å²) in [4.78, 5) is 38.2. The Morgan fingerprint density at radius 2 is 1.88 bits per heavy atom. The zero-order valence-electron chi connectivity index (χ0n) is 17.2. The van der Waals surface area contributed by atoms with Gasteiger partial charge < -0.3 is 19.8 Å². The van der Waals surface area contributed by atoms with Crippen LogP contribution in [0.4, 0.5) is 5.69 Å². The van der Waals surface area contributed by atoms with Crippen LogP contribution in [0.2, 0.25) is 0 Å². The van der Waals surface area contributed by atoms with Gasteiger partial charge in [-0.05, 0) is 41.3 Å². The van der Waals surface area contributed by atoms with E-state index in [-0.39, 0.29) is 17.9 Å². The number of hydrogen-bond donors (Lipinski definition) is 2. The number of rotatable bonds is 7. The van der Waals surface area contributed by atoms with Gasteiger partial charge in [-0.2, -0.15) is 0 Å². The smallest absolute Gasteiger partial charge is 0.349 e. The lowest BCUT2D eigenvalue weighted by atomic mass is 10.1. The number of carbonyl (C=O) groups is 2. The van der Waals surface area contributed by atoms with Crippen LogP contribution in [0.3, 0.4) is 0 Å². The third-order valence-corrected chi connectivity index (χ3v) is 5.68. The van der Waals surface area contributed by atoms with Gasteiger partial charge in [0.1, 0.15) is 5.56 Å². The Kier molecular flexibility index (Phi) is 6.32. The quantitative estimate of drug-likeness (QED) is 0.417. The predicted octanol–water partition coefficient (Wildman–Crippen LogP) is 3.97. The first-order chi connectivity index (χ1) is 15.5. The van der Waals surface area contributed by atoms with E-state index < -0.39 is 11.5 Å². The van der Waals surface area contributed by atoms with Gasteiger partial charge in [-0.1, -0.05) is 30.3 Å². The van der Waals surface area contributed by atoms with Crippen molar-refractivity contribution < 1.29 is 18.7 Å². The van der Waals surface area contributed by atoms with E-state index in [1.807, 2.05) is 17.5 Å². The fourth-order valence-corrected chi connectivity index (χ4v) is 3.83. The molecular formula is C24H20N2O5S. The minimum absolute atomic E-state index is 0.0839. The Labute approximate surface area is 187 Å². The van der Waals surface area contributed by atoms with Crippen LogP contribution in [0.1, 0.15) is 20.8 Å². The number of thiophene rings is 1. The summed E-state index contributed by atoms with van der Waals surface area (Å²) in [6.45, 7) is 0.505. The van der Waals surface area contributed by atoms with Gasteiger partial charge in [0.15, 0.2) is 11.3 Å².